The number of hydrogen-bond acceptors (Lipinski definition) is 4. The summed E-state index contributed by atoms with van der Waals surface area (Å²) in [7, 11) is -4.31. The van der Waals surface area contributed by atoms with Crippen molar-refractivity contribution < 1.29 is 22.9 Å². The Morgan fingerprint density at radius 2 is 0.667 bits per heavy atom. The molecule has 6 nitrogen and oxygen atoms in total. The highest BCUT2D eigenvalue weighted by atomic mass is 32.2. The van der Waals surface area contributed by atoms with E-state index in [0.29, 0.717) is 12.8 Å². The topological polar surface area (TPSA) is 104 Å². The number of aliphatic hydroxyl groups is 1. The van der Waals surface area contributed by atoms with Crippen LogP contribution >= 0.6 is 0 Å². The van der Waals surface area contributed by atoms with Crippen LogP contribution in [0.5, 0.6) is 0 Å². The van der Waals surface area contributed by atoms with Crippen molar-refractivity contribution in [2.45, 2.75) is 289 Å². The third-order valence-electron chi connectivity index (χ3n) is 11.6. The van der Waals surface area contributed by atoms with E-state index in [0.717, 1.165) is 38.5 Å². The molecule has 2 unspecified atom stereocenters. The number of aliphatic hydroxyl groups excluding tert-OH is 1. The van der Waals surface area contributed by atoms with E-state index in [2.05, 4.69) is 19.2 Å². The summed E-state index contributed by atoms with van der Waals surface area (Å²) >= 11 is 0. The van der Waals surface area contributed by atoms with Gasteiger partial charge in [-0.2, -0.15) is 8.42 Å². The largest absolute Gasteiger partial charge is 0.391 e. The number of unbranched alkanes of at least 4 members (excludes halogenated alkanes) is 37. The third-order valence-corrected chi connectivity index (χ3v) is 12.3. The summed E-state index contributed by atoms with van der Waals surface area (Å²) in [4.78, 5) is 12.6. The first-order valence-electron chi connectivity index (χ1n) is 24.2. The molecule has 0 spiro atoms. The molecular formula is C47H95NO5S. The number of hydrogen-bond donors (Lipinski definition) is 3. The number of carbonyl (C=O) groups excluding carboxylic acids is 1. The van der Waals surface area contributed by atoms with Gasteiger partial charge in [0, 0.05) is 6.42 Å². The predicted molar refractivity (Wildman–Crippen MR) is 235 cm³/mol. The van der Waals surface area contributed by atoms with Gasteiger partial charge in [-0.3, -0.25) is 9.35 Å². The van der Waals surface area contributed by atoms with Crippen LogP contribution in [-0.4, -0.2) is 41.9 Å². The predicted octanol–water partition coefficient (Wildman–Crippen LogP) is 14.8. The summed E-state index contributed by atoms with van der Waals surface area (Å²) < 4.78 is 32.7. The van der Waals surface area contributed by atoms with E-state index in [9.17, 15) is 22.9 Å². The Morgan fingerprint density at radius 3 is 0.926 bits per heavy atom. The molecule has 2 atom stereocenters. The molecule has 0 bridgehead atoms. The van der Waals surface area contributed by atoms with Gasteiger partial charge in [0.15, 0.2) is 0 Å². The van der Waals surface area contributed by atoms with Gasteiger partial charge in [-0.05, 0) is 12.8 Å². The molecule has 1 amide bonds. The standard InChI is InChI=1S/C47H95NO5S/c1-3-5-7-9-11-13-15-17-19-21-22-23-24-25-26-27-29-31-33-35-37-39-41-43-47(50)48-45(44-54(51,52)53)46(49)42-40-38-36-34-32-30-28-20-18-16-14-12-10-8-6-4-2/h45-46,49H,3-44H2,1-2H3,(H,48,50)(H,51,52,53). The van der Waals surface area contributed by atoms with Crippen LogP contribution in [0.2, 0.25) is 0 Å². The Balaban J connectivity index is 3.71. The summed E-state index contributed by atoms with van der Waals surface area (Å²) in [6, 6.07) is -0.964. The van der Waals surface area contributed by atoms with Crippen LogP contribution in [0.4, 0.5) is 0 Å². The van der Waals surface area contributed by atoms with Crippen molar-refractivity contribution in [3.05, 3.63) is 0 Å². The Hall–Kier alpha value is -0.660. The lowest BCUT2D eigenvalue weighted by atomic mass is 10.0. The average molecular weight is 786 g/mol. The first-order chi connectivity index (χ1) is 26.3. The first-order valence-corrected chi connectivity index (χ1v) is 25.8. The second-order valence-electron chi connectivity index (χ2n) is 17.1. The molecule has 0 rings (SSSR count). The van der Waals surface area contributed by atoms with Crippen LogP contribution in [0.25, 0.3) is 0 Å². The van der Waals surface area contributed by atoms with Crippen LogP contribution in [-0.2, 0) is 14.9 Å². The molecule has 7 heteroatoms. The lowest BCUT2D eigenvalue weighted by molar-refractivity contribution is -0.122. The molecular weight excluding hydrogens is 691 g/mol. The molecule has 0 aromatic heterocycles. The molecule has 0 aromatic rings. The highest BCUT2D eigenvalue weighted by Gasteiger charge is 2.26. The van der Waals surface area contributed by atoms with Crippen molar-refractivity contribution >= 4 is 16.0 Å². The van der Waals surface area contributed by atoms with E-state index >= 15 is 0 Å². The van der Waals surface area contributed by atoms with Gasteiger partial charge >= 0.3 is 0 Å². The van der Waals surface area contributed by atoms with Gasteiger partial charge in [0.1, 0.15) is 0 Å². The molecule has 0 saturated carbocycles. The smallest absolute Gasteiger partial charge is 0.266 e. The monoisotopic (exact) mass is 786 g/mol. The summed E-state index contributed by atoms with van der Waals surface area (Å²) in [5.74, 6) is -0.879. The van der Waals surface area contributed by atoms with Gasteiger partial charge < -0.3 is 10.4 Å². The molecule has 0 aliphatic rings. The molecule has 0 radical (unpaired) electrons. The minimum Gasteiger partial charge on any atom is -0.391 e. The zero-order valence-electron chi connectivity index (χ0n) is 36.4. The lowest BCUT2D eigenvalue weighted by Gasteiger charge is -2.23. The summed E-state index contributed by atoms with van der Waals surface area (Å²) in [6.07, 6.45) is 50.7. The lowest BCUT2D eigenvalue weighted by Crippen LogP contribution is -2.47. The number of nitrogens with one attached hydrogen (secondary N) is 1. The van der Waals surface area contributed by atoms with Crippen molar-refractivity contribution in [1.82, 2.24) is 5.32 Å². The van der Waals surface area contributed by atoms with E-state index < -0.39 is 28.0 Å². The van der Waals surface area contributed by atoms with Gasteiger partial charge in [-0.1, -0.05) is 258 Å². The molecule has 0 aromatic carbocycles. The summed E-state index contributed by atoms with van der Waals surface area (Å²) in [6.45, 7) is 4.55. The van der Waals surface area contributed by atoms with Crippen molar-refractivity contribution in [3.63, 3.8) is 0 Å². The highest BCUT2D eigenvalue weighted by molar-refractivity contribution is 7.85. The molecule has 54 heavy (non-hydrogen) atoms. The number of rotatable bonds is 45. The van der Waals surface area contributed by atoms with Gasteiger partial charge in [0.25, 0.3) is 10.1 Å². The Kier molecular flexibility index (Phi) is 41.4. The molecule has 0 saturated heterocycles. The Morgan fingerprint density at radius 1 is 0.426 bits per heavy atom. The van der Waals surface area contributed by atoms with E-state index in [1.165, 1.54) is 212 Å². The molecule has 0 fully saturated rings. The van der Waals surface area contributed by atoms with Crippen LogP contribution in [0, 0.1) is 0 Å². The van der Waals surface area contributed by atoms with Crippen molar-refractivity contribution in [2.75, 3.05) is 5.75 Å². The molecule has 3 N–H and O–H groups in total. The fraction of sp³-hybridized carbons (Fsp3) is 0.979. The van der Waals surface area contributed by atoms with Crippen molar-refractivity contribution in [3.8, 4) is 0 Å². The van der Waals surface area contributed by atoms with Crippen molar-refractivity contribution in [1.29, 1.82) is 0 Å². The SMILES string of the molecule is CCCCCCCCCCCCCCCCCCCCCCCCCC(=O)NC(CS(=O)(=O)O)C(O)CCCCCCCCCCCCCCCCCC. The number of carbonyl (C=O) groups is 1. The second-order valence-corrected chi connectivity index (χ2v) is 18.6. The quantitative estimate of drug-likeness (QED) is 0.0421. The Labute approximate surface area is 338 Å². The average Bonchev–Trinajstić information content (AvgIpc) is 3.14. The van der Waals surface area contributed by atoms with E-state index in [1.54, 1.807) is 0 Å². The van der Waals surface area contributed by atoms with Gasteiger partial charge in [0.2, 0.25) is 5.91 Å². The number of amides is 1. The van der Waals surface area contributed by atoms with E-state index in [-0.39, 0.29) is 5.91 Å². The summed E-state index contributed by atoms with van der Waals surface area (Å²) in [5, 5.41) is 13.4. The maximum Gasteiger partial charge on any atom is 0.266 e. The van der Waals surface area contributed by atoms with Gasteiger partial charge in [0.05, 0.1) is 17.9 Å². The van der Waals surface area contributed by atoms with Gasteiger partial charge in [-0.25, -0.2) is 0 Å². The second kappa shape index (κ2) is 42.0. The third kappa shape index (κ3) is 42.5. The van der Waals surface area contributed by atoms with E-state index in [4.69, 9.17) is 0 Å². The van der Waals surface area contributed by atoms with Crippen LogP contribution in [0.3, 0.4) is 0 Å². The molecule has 0 aliphatic carbocycles. The maximum atomic E-state index is 12.6. The Bertz CT molecular complexity index is 866. The first kappa shape index (κ1) is 53.3. The fourth-order valence-electron chi connectivity index (χ4n) is 7.93. The highest BCUT2D eigenvalue weighted by Crippen LogP contribution is 2.18. The zero-order valence-corrected chi connectivity index (χ0v) is 37.2. The van der Waals surface area contributed by atoms with E-state index in [1.807, 2.05) is 0 Å². The molecule has 324 valence electrons. The normalized spacial score (nSPS) is 13.0. The van der Waals surface area contributed by atoms with Crippen molar-refractivity contribution in [2.24, 2.45) is 0 Å². The zero-order chi connectivity index (χ0) is 39.6. The van der Waals surface area contributed by atoms with Crippen LogP contribution in [0.1, 0.15) is 277 Å². The summed E-state index contributed by atoms with van der Waals surface area (Å²) in [5.41, 5.74) is 0. The molecule has 0 aliphatic heterocycles. The maximum absolute atomic E-state index is 12.6. The minimum atomic E-state index is -4.31. The molecule has 0 heterocycles. The minimum absolute atomic E-state index is 0.238. The van der Waals surface area contributed by atoms with Crippen LogP contribution < -0.4 is 5.32 Å². The van der Waals surface area contributed by atoms with Gasteiger partial charge in [-0.15, -0.1) is 0 Å². The van der Waals surface area contributed by atoms with Crippen LogP contribution in [0.15, 0.2) is 0 Å². The fourth-order valence-corrected chi connectivity index (χ4v) is 8.69.